The number of rotatable bonds is 5. The average Bonchev–Trinajstić information content (AvgIpc) is 3.08. The fourth-order valence-electron chi connectivity index (χ4n) is 3.96. The van der Waals surface area contributed by atoms with Gasteiger partial charge in [0.25, 0.3) is 0 Å². The second-order valence-electron chi connectivity index (χ2n) is 7.83. The van der Waals surface area contributed by atoms with Crippen molar-refractivity contribution in [3.8, 4) is 0 Å². The molecular formula is C18H30N4O3S. The molecule has 0 radical (unpaired) electrons. The summed E-state index contributed by atoms with van der Waals surface area (Å²) in [5.74, 6) is 1.63. The van der Waals surface area contributed by atoms with Crippen molar-refractivity contribution >= 4 is 15.7 Å². The van der Waals surface area contributed by atoms with Crippen LogP contribution in [-0.4, -0.2) is 78.9 Å². The average molecular weight is 383 g/mol. The molecule has 2 saturated heterocycles. The van der Waals surface area contributed by atoms with Gasteiger partial charge in [0.1, 0.15) is 15.7 Å². The highest BCUT2D eigenvalue weighted by atomic mass is 32.2. The van der Waals surface area contributed by atoms with Gasteiger partial charge in [-0.25, -0.2) is 13.4 Å². The molecule has 8 heteroatoms. The Kier molecular flexibility index (Phi) is 6.02. The molecule has 0 bridgehead atoms. The van der Waals surface area contributed by atoms with Crippen LogP contribution in [0.5, 0.6) is 0 Å². The van der Waals surface area contributed by atoms with Gasteiger partial charge in [-0.3, -0.25) is 4.79 Å². The number of nitrogens with zero attached hydrogens (tertiary/aromatic N) is 4. The van der Waals surface area contributed by atoms with Crippen LogP contribution in [0, 0.1) is 5.92 Å². The molecule has 1 unspecified atom stereocenters. The van der Waals surface area contributed by atoms with Crippen molar-refractivity contribution in [2.75, 3.05) is 45.2 Å². The van der Waals surface area contributed by atoms with E-state index in [4.69, 9.17) is 0 Å². The minimum atomic E-state index is -2.93. The van der Waals surface area contributed by atoms with Gasteiger partial charge >= 0.3 is 0 Å². The number of amides is 1. The molecule has 26 heavy (non-hydrogen) atoms. The number of carbonyl (C=O) groups excluding carboxylic acids is 1. The third-order valence-corrected chi connectivity index (χ3v) is 7.25. The Bertz CT molecular complexity index is 715. The van der Waals surface area contributed by atoms with Gasteiger partial charge in [0.05, 0.1) is 11.5 Å². The summed E-state index contributed by atoms with van der Waals surface area (Å²) in [5, 5.41) is 0. The third-order valence-electron chi connectivity index (χ3n) is 5.54. The summed E-state index contributed by atoms with van der Waals surface area (Å²) in [6.45, 7) is 3.32. The predicted molar refractivity (Wildman–Crippen MR) is 101 cm³/mol. The van der Waals surface area contributed by atoms with Crippen molar-refractivity contribution < 1.29 is 13.2 Å². The monoisotopic (exact) mass is 382 g/mol. The van der Waals surface area contributed by atoms with Crippen LogP contribution in [0.15, 0.2) is 12.4 Å². The lowest BCUT2D eigenvalue weighted by molar-refractivity contribution is -0.137. The lowest BCUT2D eigenvalue weighted by atomic mass is 9.94. The molecule has 146 valence electrons. The Morgan fingerprint density at radius 2 is 2.00 bits per heavy atom. The number of sulfone groups is 1. The Balaban J connectivity index is 1.63. The van der Waals surface area contributed by atoms with E-state index in [0.717, 1.165) is 38.3 Å². The van der Waals surface area contributed by atoms with E-state index in [1.165, 1.54) is 0 Å². The topological polar surface area (TPSA) is 75.5 Å². The van der Waals surface area contributed by atoms with Crippen molar-refractivity contribution in [3.63, 3.8) is 0 Å². The molecule has 0 N–H and O–H groups in total. The molecule has 0 aromatic carbocycles. The van der Waals surface area contributed by atoms with Crippen LogP contribution in [0.2, 0.25) is 0 Å². The van der Waals surface area contributed by atoms with Crippen LogP contribution in [-0.2, 0) is 21.2 Å². The minimum absolute atomic E-state index is 0.134. The molecule has 1 atom stereocenters. The SMILES string of the molecule is CN(C)CCn1ccnc1C1CCCN(C(=O)C2CCS(=O)(=O)CC2)C1. The van der Waals surface area contributed by atoms with Gasteiger partial charge in [-0.05, 0) is 39.8 Å². The van der Waals surface area contributed by atoms with Crippen LogP contribution < -0.4 is 0 Å². The highest BCUT2D eigenvalue weighted by molar-refractivity contribution is 7.91. The maximum atomic E-state index is 12.9. The van der Waals surface area contributed by atoms with Crippen molar-refractivity contribution in [2.45, 2.75) is 38.1 Å². The van der Waals surface area contributed by atoms with E-state index >= 15 is 0 Å². The number of hydrogen-bond donors (Lipinski definition) is 0. The van der Waals surface area contributed by atoms with Gasteiger partial charge in [-0.1, -0.05) is 0 Å². The van der Waals surface area contributed by atoms with Gasteiger partial charge in [0.2, 0.25) is 5.91 Å². The molecule has 1 aromatic heterocycles. The van der Waals surface area contributed by atoms with E-state index in [1.54, 1.807) is 0 Å². The number of likely N-dealkylation sites (tertiary alicyclic amines) is 1. The highest BCUT2D eigenvalue weighted by Crippen LogP contribution is 2.29. The van der Waals surface area contributed by atoms with Crippen molar-refractivity contribution in [3.05, 3.63) is 18.2 Å². The van der Waals surface area contributed by atoms with Crippen molar-refractivity contribution in [1.29, 1.82) is 0 Å². The summed E-state index contributed by atoms with van der Waals surface area (Å²) in [5.41, 5.74) is 0. The smallest absolute Gasteiger partial charge is 0.225 e. The Morgan fingerprint density at radius 3 is 2.69 bits per heavy atom. The van der Waals surface area contributed by atoms with E-state index in [0.29, 0.717) is 19.4 Å². The van der Waals surface area contributed by atoms with Gasteiger partial charge < -0.3 is 14.4 Å². The fourth-order valence-corrected chi connectivity index (χ4v) is 5.45. The first-order chi connectivity index (χ1) is 12.4. The Morgan fingerprint density at radius 1 is 1.27 bits per heavy atom. The van der Waals surface area contributed by atoms with Crippen LogP contribution >= 0.6 is 0 Å². The first-order valence-electron chi connectivity index (χ1n) is 9.51. The molecule has 0 spiro atoms. The summed E-state index contributed by atoms with van der Waals surface area (Å²) >= 11 is 0. The maximum Gasteiger partial charge on any atom is 0.225 e. The molecule has 3 rings (SSSR count). The van der Waals surface area contributed by atoms with Gasteiger partial charge in [0.15, 0.2) is 0 Å². The second-order valence-corrected chi connectivity index (χ2v) is 10.1. The second kappa shape index (κ2) is 8.08. The van der Waals surface area contributed by atoms with Gasteiger partial charge in [-0.15, -0.1) is 0 Å². The van der Waals surface area contributed by atoms with Crippen LogP contribution in [0.25, 0.3) is 0 Å². The lowest BCUT2D eigenvalue weighted by Gasteiger charge is -2.35. The molecule has 2 fully saturated rings. The zero-order chi connectivity index (χ0) is 18.7. The largest absolute Gasteiger partial charge is 0.342 e. The Labute approximate surface area is 156 Å². The number of carbonyl (C=O) groups is 1. The predicted octanol–water partition coefficient (Wildman–Crippen LogP) is 0.976. The summed E-state index contributed by atoms with van der Waals surface area (Å²) in [6.07, 6.45) is 6.83. The van der Waals surface area contributed by atoms with E-state index in [1.807, 2.05) is 17.3 Å². The first-order valence-corrected chi connectivity index (χ1v) is 11.3. The molecule has 2 aliphatic rings. The van der Waals surface area contributed by atoms with Crippen LogP contribution in [0.3, 0.4) is 0 Å². The molecule has 7 nitrogen and oxygen atoms in total. The zero-order valence-corrected chi connectivity index (χ0v) is 16.6. The third kappa shape index (κ3) is 4.65. The molecular weight excluding hydrogens is 352 g/mol. The number of imidazole rings is 1. The van der Waals surface area contributed by atoms with E-state index in [2.05, 4.69) is 28.5 Å². The summed E-state index contributed by atoms with van der Waals surface area (Å²) in [7, 11) is 1.18. The van der Waals surface area contributed by atoms with Gasteiger partial charge in [-0.2, -0.15) is 0 Å². The molecule has 2 aliphatic heterocycles. The lowest BCUT2D eigenvalue weighted by Crippen LogP contribution is -2.44. The van der Waals surface area contributed by atoms with Crippen molar-refractivity contribution in [2.24, 2.45) is 5.92 Å². The molecule has 1 aromatic rings. The number of hydrogen-bond acceptors (Lipinski definition) is 5. The molecule has 0 saturated carbocycles. The summed E-state index contributed by atoms with van der Waals surface area (Å²) < 4.78 is 25.4. The van der Waals surface area contributed by atoms with Crippen LogP contribution in [0.1, 0.15) is 37.4 Å². The number of aromatic nitrogens is 2. The summed E-state index contributed by atoms with van der Waals surface area (Å²) in [4.78, 5) is 21.5. The first kappa shape index (κ1) is 19.4. The quantitative estimate of drug-likeness (QED) is 0.759. The maximum absolute atomic E-state index is 12.9. The Hall–Kier alpha value is -1.41. The van der Waals surface area contributed by atoms with Gasteiger partial charge in [0, 0.05) is 50.4 Å². The molecule has 1 amide bonds. The summed E-state index contributed by atoms with van der Waals surface area (Å²) in [6, 6.07) is 0. The highest BCUT2D eigenvalue weighted by Gasteiger charge is 2.34. The molecule has 3 heterocycles. The number of piperidine rings is 1. The number of likely N-dealkylation sites (N-methyl/N-ethyl adjacent to an activating group) is 1. The fraction of sp³-hybridized carbons (Fsp3) is 0.778. The normalized spacial score (nSPS) is 24.1. The van der Waals surface area contributed by atoms with E-state index in [-0.39, 0.29) is 29.2 Å². The van der Waals surface area contributed by atoms with Crippen LogP contribution in [0.4, 0.5) is 0 Å². The standard InChI is InChI=1S/C18H30N4O3S/c1-20(2)10-11-21-9-7-19-17(21)16-4-3-8-22(14-16)18(23)15-5-12-26(24,25)13-6-15/h7,9,15-16H,3-6,8,10-14H2,1-2H3. The zero-order valence-electron chi connectivity index (χ0n) is 15.8. The van der Waals surface area contributed by atoms with Crippen molar-refractivity contribution in [1.82, 2.24) is 19.4 Å². The van der Waals surface area contributed by atoms with E-state index in [9.17, 15) is 13.2 Å². The molecule has 0 aliphatic carbocycles. The van der Waals surface area contributed by atoms with E-state index < -0.39 is 9.84 Å². The minimum Gasteiger partial charge on any atom is -0.342 e.